The van der Waals surface area contributed by atoms with Gasteiger partial charge in [0.15, 0.2) is 17.5 Å². The molecule has 31 heavy (non-hydrogen) atoms. The molecule has 0 bridgehead atoms. The number of aliphatic imine (C=N–C) groups is 1. The van der Waals surface area contributed by atoms with Gasteiger partial charge in [0.05, 0.1) is 14.2 Å². The Hall–Kier alpha value is -2.55. The van der Waals surface area contributed by atoms with Crippen molar-refractivity contribution in [1.82, 2.24) is 19.6 Å². The van der Waals surface area contributed by atoms with Gasteiger partial charge in [0, 0.05) is 57.2 Å². The van der Waals surface area contributed by atoms with Crippen molar-refractivity contribution in [3.8, 4) is 11.5 Å². The predicted octanol–water partition coefficient (Wildman–Crippen LogP) is 2.84. The highest BCUT2D eigenvalue weighted by atomic mass is 32.1. The lowest BCUT2D eigenvalue weighted by Gasteiger charge is -2.36. The van der Waals surface area contributed by atoms with E-state index in [2.05, 4.69) is 44.4 Å². The van der Waals surface area contributed by atoms with E-state index in [1.54, 1.807) is 14.2 Å². The van der Waals surface area contributed by atoms with Crippen molar-refractivity contribution in [3.63, 3.8) is 0 Å². The minimum atomic E-state index is 0.761. The normalized spacial score (nSPS) is 14.6. The van der Waals surface area contributed by atoms with Gasteiger partial charge in [0.25, 0.3) is 0 Å². The molecule has 0 amide bonds. The van der Waals surface area contributed by atoms with Gasteiger partial charge in [-0.25, -0.2) is 4.98 Å². The molecule has 2 aromatic rings. The van der Waals surface area contributed by atoms with Crippen LogP contribution < -0.4 is 19.7 Å². The fraction of sp³-hybridized carbons (Fsp3) is 0.591. The van der Waals surface area contributed by atoms with Crippen LogP contribution in [0.25, 0.3) is 0 Å². The molecule has 1 saturated heterocycles. The summed E-state index contributed by atoms with van der Waals surface area (Å²) in [6.07, 6.45) is 2.82. The van der Waals surface area contributed by atoms with E-state index in [0.717, 1.165) is 86.9 Å². The Morgan fingerprint density at radius 3 is 2.55 bits per heavy atom. The van der Waals surface area contributed by atoms with Crippen molar-refractivity contribution in [3.05, 3.63) is 29.6 Å². The summed E-state index contributed by atoms with van der Waals surface area (Å²) >= 11 is 1.50. The Morgan fingerprint density at radius 1 is 1.13 bits per heavy atom. The Kier molecular flexibility index (Phi) is 8.75. The molecule has 9 heteroatoms. The van der Waals surface area contributed by atoms with Crippen LogP contribution in [-0.4, -0.2) is 73.7 Å². The third-order valence-electron chi connectivity index (χ3n) is 5.29. The molecule has 0 radical (unpaired) electrons. The molecule has 0 unspecified atom stereocenters. The quantitative estimate of drug-likeness (QED) is 0.361. The summed E-state index contributed by atoms with van der Waals surface area (Å²) in [5.74, 6) is 3.47. The number of hydrogen-bond donors (Lipinski definition) is 1. The molecule has 1 aliphatic rings. The van der Waals surface area contributed by atoms with Gasteiger partial charge in [-0.1, -0.05) is 13.0 Å². The van der Waals surface area contributed by atoms with E-state index in [9.17, 15) is 0 Å². The van der Waals surface area contributed by atoms with Crippen molar-refractivity contribution in [2.45, 2.75) is 33.1 Å². The number of aryl methyl sites for hydroxylation is 2. The standard InChI is InChI=1S/C22H34N6O2S/c1-5-20-25-22(31-26-20)28-14-12-27(13-15-28)21(23-6-2)24-11-7-8-17-9-10-18(29-3)19(16-17)30-4/h9-10,16H,5-8,11-15H2,1-4H3,(H,23,24). The maximum absolute atomic E-state index is 5.40. The van der Waals surface area contributed by atoms with Crippen LogP contribution in [0.1, 0.15) is 31.7 Å². The molecule has 1 fully saturated rings. The summed E-state index contributed by atoms with van der Waals surface area (Å²) in [4.78, 5) is 14.2. The van der Waals surface area contributed by atoms with Crippen LogP contribution in [0, 0.1) is 0 Å². The first kappa shape index (κ1) is 23.1. The first-order valence-corrected chi connectivity index (χ1v) is 11.8. The second-order valence-corrected chi connectivity index (χ2v) is 8.08. The summed E-state index contributed by atoms with van der Waals surface area (Å²) in [5, 5.41) is 4.48. The number of anilines is 1. The third-order valence-corrected chi connectivity index (χ3v) is 6.11. The predicted molar refractivity (Wildman–Crippen MR) is 127 cm³/mol. The van der Waals surface area contributed by atoms with Crippen LogP contribution in [0.4, 0.5) is 5.13 Å². The highest BCUT2D eigenvalue weighted by Gasteiger charge is 2.22. The van der Waals surface area contributed by atoms with Gasteiger partial charge in [-0.05, 0) is 37.5 Å². The first-order chi connectivity index (χ1) is 15.2. The fourth-order valence-corrected chi connectivity index (χ4v) is 4.36. The highest BCUT2D eigenvalue weighted by Crippen LogP contribution is 2.28. The van der Waals surface area contributed by atoms with Gasteiger partial charge < -0.3 is 24.6 Å². The summed E-state index contributed by atoms with van der Waals surface area (Å²) < 4.78 is 15.1. The lowest BCUT2D eigenvalue weighted by atomic mass is 10.1. The highest BCUT2D eigenvalue weighted by molar-refractivity contribution is 7.09. The molecular formula is C22H34N6O2S. The van der Waals surface area contributed by atoms with Crippen molar-refractivity contribution < 1.29 is 9.47 Å². The van der Waals surface area contributed by atoms with E-state index < -0.39 is 0 Å². The molecule has 1 N–H and O–H groups in total. The first-order valence-electron chi connectivity index (χ1n) is 11.0. The molecule has 0 saturated carbocycles. The number of guanidine groups is 1. The topological polar surface area (TPSA) is 75.1 Å². The van der Waals surface area contributed by atoms with E-state index in [1.165, 1.54) is 17.1 Å². The maximum atomic E-state index is 5.40. The van der Waals surface area contributed by atoms with Crippen LogP contribution in [0.15, 0.2) is 23.2 Å². The van der Waals surface area contributed by atoms with Gasteiger partial charge >= 0.3 is 0 Å². The van der Waals surface area contributed by atoms with E-state index in [0.29, 0.717) is 0 Å². The van der Waals surface area contributed by atoms with Crippen molar-refractivity contribution in [1.29, 1.82) is 0 Å². The number of ether oxygens (including phenoxy) is 2. The van der Waals surface area contributed by atoms with Crippen molar-refractivity contribution in [2.75, 3.05) is 58.4 Å². The molecule has 1 aliphatic heterocycles. The fourth-order valence-electron chi connectivity index (χ4n) is 3.56. The van der Waals surface area contributed by atoms with Gasteiger partial charge in [-0.3, -0.25) is 4.99 Å². The Morgan fingerprint density at radius 2 is 1.90 bits per heavy atom. The van der Waals surface area contributed by atoms with Crippen LogP contribution in [0.5, 0.6) is 11.5 Å². The zero-order chi connectivity index (χ0) is 22.1. The van der Waals surface area contributed by atoms with Crippen LogP contribution >= 0.6 is 11.5 Å². The summed E-state index contributed by atoms with van der Waals surface area (Å²) in [7, 11) is 3.33. The zero-order valence-corrected chi connectivity index (χ0v) is 19.9. The SMILES string of the molecule is CCNC(=NCCCc1ccc(OC)c(OC)c1)N1CCN(c2nc(CC)ns2)CC1. The summed E-state index contributed by atoms with van der Waals surface area (Å²) in [6, 6.07) is 6.10. The molecular weight excluding hydrogens is 412 g/mol. The molecule has 8 nitrogen and oxygen atoms in total. The van der Waals surface area contributed by atoms with E-state index in [1.807, 2.05) is 12.1 Å². The van der Waals surface area contributed by atoms with Crippen LogP contribution in [-0.2, 0) is 12.8 Å². The molecule has 1 aromatic carbocycles. The number of aromatic nitrogens is 2. The van der Waals surface area contributed by atoms with Gasteiger partial charge in [0.1, 0.15) is 5.82 Å². The number of rotatable bonds is 9. The summed E-state index contributed by atoms with van der Waals surface area (Å²) in [6.45, 7) is 9.60. The number of piperazine rings is 1. The molecule has 3 rings (SSSR count). The number of hydrogen-bond acceptors (Lipinski definition) is 7. The van der Waals surface area contributed by atoms with Crippen LogP contribution in [0.3, 0.4) is 0 Å². The Labute approximate surface area is 189 Å². The Balaban J connectivity index is 1.51. The molecule has 170 valence electrons. The van der Waals surface area contributed by atoms with Gasteiger partial charge in [0.2, 0.25) is 5.13 Å². The average Bonchev–Trinajstić information content (AvgIpc) is 3.30. The Bertz CT molecular complexity index is 848. The second kappa shape index (κ2) is 11.7. The van der Waals surface area contributed by atoms with E-state index >= 15 is 0 Å². The molecule has 2 heterocycles. The third kappa shape index (κ3) is 6.22. The van der Waals surface area contributed by atoms with Gasteiger partial charge in [-0.2, -0.15) is 4.37 Å². The zero-order valence-electron chi connectivity index (χ0n) is 19.1. The molecule has 0 aliphatic carbocycles. The number of nitrogens with zero attached hydrogens (tertiary/aromatic N) is 5. The smallest absolute Gasteiger partial charge is 0.205 e. The van der Waals surface area contributed by atoms with Crippen molar-refractivity contribution in [2.24, 2.45) is 4.99 Å². The monoisotopic (exact) mass is 446 g/mol. The van der Waals surface area contributed by atoms with Crippen LogP contribution in [0.2, 0.25) is 0 Å². The molecule has 1 aromatic heterocycles. The molecule has 0 atom stereocenters. The van der Waals surface area contributed by atoms with E-state index in [-0.39, 0.29) is 0 Å². The largest absolute Gasteiger partial charge is 0.493 e. The molecule has 0 spiro atoms. The lowest BCUT2D eigenvalue weighted by molar-refractivity contribution is 0.354. The van der Waals surface area contributed by atoms with E-state index in [4.69, 9.17) is 14.5 Å². The average molecular weight is 447 g/mol. The van der Waals surface area contributed by atoms with Crippen molar-refractivity contribution >= 4 is 22.6 Å². The number of methoxy groups -OCH3 is 2. The second-order valence-electron chi connectivity index (χ2n) is 7.35. The van der Waals surface area contributed by atoms with Gasteiger partial charge in [-0.15, -0.1) is 0 Å². The minimum Gasteiger partial charge on any atom is -0.493 e. The summed E-state index contributed by atoms with van der Waals surface area (Å²) in [5.41, 5.74) is 1.23. The number of nitrogens with one attached hydrogen (secondary N) is 1. The lowest BCUT2D eigenvalue weighted by Crippen LogP contribution is -2.52. The maximum Gasteiger partial charge on any atom is 0.205 e. The number of benzene rings is 1. The minimum absolute atomic E-state index is 0.761.